The highest BCUT2D eigenvalue weighted by Crippen LogP contribution is 2.46. The summed E-state index contributed by atoms with van der Waals surface area (Å²) in [4.78, 5) is 10.6. The third-order valence-electron chi connectivity index (χ3n) is 6.98. The molecule has 4 unspecified atom stereocenters. The molecule has 0 radical (unpaired) electrons. The molecule has 4 nitrogen and oxygen atoms in total. The average molecular weight is 427 g/mol. The zero-order chi connectivity index (χ0) is 22.2. The number of carboxylic acids is 1. The van der Waals surface area contributed by atoms with E-state index < -0.39 is 5.97 Å². The van der Waals surface area contributed by atoms with E-state index in [-0.39, 0.29) is 35.2 Å². The Balaban J connectivity index is 2.73. The third-order valence-corrected chi connectivity index (χ3v) is 8.18. The van der Waals surface area contributed by atoms with Crippen LogP contribution in [0.25, 0.3) is 0 Å². The Morgan fingerprint density at radius 2 is 1.69 bits per heavy atom. The molecule has 1 rings (SSSR count). The first-order valence-electron chi connectivity index (χ1n) is 11.6. The van der Waals surface area contributed by atoms with Crippen molar-refractivity contribution < 1.29 is 19.7 Å². The molecule has 1 aliphatic carbocycles. The lowest BCUT2D eigenvalue weighted by atomic mass is 9.84. The van der Waals surface area contributed by atoms with Crippen molar-refractivity contribution in [3.05, 3.63) is 11.6 Å². The standard InChI is InChI=1S/C24H46O4Si/c1-17(2)12-11-14-19-18(13-9-7-8-10-15-22(26)27)20(25)16-21(19)28-23(3,4)24(5,6)29/h12,18-21,25H,7-11,13-16H2,1-6,29H3,(H,26,27). The maximum absolute atomic E-state index is 10.8. The minimum atomic E-state index is -0.708. The van der Waals surface area contributed by atoms with Gasteiger partial charge in [-0.2, -0.15) is 0 Å². The number of rotatable bonds is 13. The molecule has 29 heavy (non-hydrogen) atoms. The summed E-state index contributed by atoms with van der Waals surface area (Å²) in [5.41, 5.74) is 1.15. The second-order valence-corrected chi connectivity index (χ2v) is 13.3. The van der Waals surface area contributed by atoms with Gasteiger partial charge in [-0.05, 0) is 70.3 Å². The van der Waals surface area contributed by atoms with Gasteiger partial charge in [0.05, 0.1) is 17.8 Å². The van der Waals surface area contributed by atoms with Crippen LogP contribution in [0.15, 0.2) is 11.6 Å². The first kappa shape index (κ1) is 26.4. The van der Waals surface area contributed by atoms with Crippen LogP contribution >= 0.6 is 0 Å². The van der Waals surface area contributed by atoms with Crippen molar-refractivity contribution in [1.29, 1.82) is 0 Å². The van der Waals surface area contributed by atoms with Gasteiger partial charge in [0.1, 0.15) is 0 Å². The fraction of sp³-hybridized carbons (Fsp3) is 0.875. The van der Waals surface area contributed by atoms with Gasteiger partial charge in [0.2, 0.25) is 0 Å². The van der Waals surface area contributed by atoms with E-state index in [1.54, 1.807) is 0 Å². The SMILES string of the molecule is CC(C)=CCCC1C(OC(C)(C)C(C)(C)[SiH3])CC(O)C1CCCCCCC(=O)O. The lowest BCUT2D eigenvalue weighted by molar-refractivity contribution is -0.137. The predicted octanol–water partition coefficient (Wildman–Crippen LogP) is 4.88. The molecule has 1 aliphatic rings. The van der Waals surface area contributed by atoms with Crippen molar-refractivity contribution in [3.8, 4) is 0 Å². The molecule has 5 heteroatoms. The molecule has 0 aromatic heterocycles. The molecule has 0 bridgehead atoms. The van der Waals surface area contributed by atoms with Crippen LogP contribution < -0.4 is 0 Å². The summed E-state index contributed by atoms with van der Waals surface area (Å²) in [5, 5.41) is 19.8. The quantitative estimate of drug-likeness (QED) is 0.250. The minimum Gasteiger partial charge on any atom is -0.481 e. The second kappa shape index (κ2) is 11.7. The molecule has 0 aliphatic heterocycles. The molecule has 170 valence electrons. The monoisotopic (exact) mass is 426 g/mol. The number of carbonyl (C=O) groups is 1. The summed E-state index contributed by atoms with van der Waals surface area (Å²) in [5.74, 6) is -0.0268. The molecule has 0 aromatic carbocycles. The Bertz CT molecular complexity index is 531. The van der Waals surface area contributed by atoms with E-state index in [9.17, 15) is 9.90 Å². The molecule has 0 heterocycles. The number of carboxylic acid groups (broad SMARTS) is 1. The lowest BCUT2D eigenvalue weighted by Crippen LogP contribution is -2.41. The molecule has 4 atom stereocenters. The first-order valence-corrected chi connectivity index (χ1v) is 12.6. The number of unbranched alkanes of at least 4 members (excludes halogenated alkanes) is 3. The van der Waals surface area contributed by atoms with E-state index in [2.05, 4.69) is 47.6 Å². The Morgan fingerprint density at radius 3 is 2.24 bits per heavy atom. The smallest absolute Gasteiger partial charge is 0.303 e. The predicted molar refractivity (Wildman–Crippen MR) is 125 cm³/mol. The van der Waals surface area contributed by atoms with Crippen molar-refractivity contribution in [2.24, 2.45) is 11.8 Å². The van der Waals surface area contributed by atoms with Crippen molar-refractivity contribution >= 4 is 16.2 Å². The number of aliphatic hydroxyl groups is 1. The average Bonchev–Trinajstić information content (AvgIpc) is 2.83. The Morgan fingerprint density at radius 1 is 1.07 bits per heavy atom. The van der Waals surface area contributed by atoms with Gasteiger partial charge in [0.15, 0.2) is 0 Å². The summed E-state index contributed by atoms with van der Waals surface area (Å²) in [6.45, 7) is 13.2. The van der Waals surface area contributed by atoms with Crippen molar-refractivity contribution in [1.82, 2.24) is 0 Å². The highest BCUT2D eigenvalue weighted by atomic mass is 28.1. The number of allylic oxidation sites excluding steroid dienone is 2. The summed E-state index contributed by atoms with van der Waals surface area (Å²) >= 11 is 0. The zero-order valence-electron chi connectivity index (χ0n) is 20.0. The molecular formula is C24H46O4Si. The maximum Gasteiger partial charge on any atom is 0.303 e. The van der Waals surface area contributed by atoms with Crippen molar-refractivity contribution in [2.45, 2.75) is 122 Å². The Labute approximate surface area is 181 Å². The van der Waals surface area contributed by atoms with E-state index in [4.69, 9.17) is 9.84 Å². The van der Waals surface area contributed by atoms with Gasteiger partial charge in [-0.15, -0.1) is 0 Å². The minimum absolute atomic E-state index is 0.121. The van der Waals surface area contributed by atoms with Crippen LogP contribution in [0.3, 0.4) is 0 Å². The Hall–Kier alpha value is -0.653. The Kier molecular flexibility index (Phi) is 10.6. The van der Waals surface area contributed by atoms with E-state index >= 15 is 0 Å². The van der Waals surface area contributed by atoms with Crippen LogP contribution in [-0.4, -0.2) is 44.2 Å². The zero-order valence-corrected chi connectivity index (χ0v) is 22.0. The summed E-state index contributed by atoms with van der Waals surface area (Å²) < 4.78 is 6.69. The van der Waals surface area contributed by atoms with Gasteiger partial charge in [-0.3, -0.25) is 4.79 Å². The molecule has 2 N–H and O–H groups in total. The molecule has 0 aromatic rings. The molecule has 1 fully saturated rings. The van der Waals surface area contributed by atoms with Crippen LogP contribution in [0.2, 0.25) is 5.04 Å². The number of hydrogen-bond acceptors (Lipinski definition) is 3. The highest BCUT2D eigenvalue weighted by Gasteiger charge is 2.46. The van der Waals surface area contributed by atoms with Gasteiger partial charge in [-0.25, -0.2) is 0 Å². The number of ether oxygens (including phenoxy) is 1. The van der Waals surface area contributed by atoms with Crippen LogP contribution in [0, 0.1) is 11.8 Å². The van der Waals surface area contributed by atoms with Gasteiger partial charge in [-0.1, -0.05) is 44.8 Å². The first-order chi connectivity index (χ1) is 13.3. The maximum atomic E-state index is 10.8. The van der Waals surface area contributed by atoms with Crippen LogP contribution in [0.4, 0.5) is 0 Å². The fourth-order valence-electron chi connectivity index (χ4n) is 4.22. The summed E-state index contributed by atoms with van der Waals surface area (Å²) in [7, 11) is 1.06. The van der Waals surface area contributed by atoms with Crippen LogP contribution in [0.5, 0.6) is 0 Å². The van der Waals surface area contributed by atoms with E-state index in [0.717, 1.165) is 61.6 Å². The highest BCUT2D eigenvalue weighted by molar-refractivity contribution is 6.15. The normalized spacial score (nSPS) is 25.3. The molecule has 0 saturated heterocycles. The fourth-order valence-corrected chi connectivity index (χ4v) is 4.34. The van der Waals surface area contributed by atoms with Gasteiger partial charge < -0.3 is 14.9 Å². The lowest BCUT2D eigenvalue weighted by Gasteiger charge is -2.42. The largest absolute Gasteiger partial charge is 0.481 e. The van der Waals surface area contributed by atoms with E-state index in [0.29, 0.717) is 5.92 Å². The summed E-state index contributed by atoms with van der Waals surface area (Å²) in [6, 6.07) is 0. The van der Waals surface area contributed by atoms with Gasteiger partial charge in [0.25, 0.3) is 0 Å². The van der Waals surface area contributed by atoms with Crippen LogP contribution in [0.1, 0.15) is 99.3 Å². The van der Waals surface area contributed by atoms with Crippen molar-refractivity contribution in [2.75, 3.05) is 0 Å². The van der Waals surface area contributed by atoms with Gasteiger partial charge >= 0.3 is 5.97 Å². The molecule has 0 spiro atoms. The molecule has 1 saturated carbocycles. The number of aliphatic carboxylic acids is 1. The van der Waals surface area contributed by atoms with Gasteiger partial charge in [0, 0.05) is 23.1 Å². The number of aliphatic hydroxyl groups excluding tert-OH is 1. The van der Waals surface area contributed by atoms with E-state index in [1.165, 1.54) is 5.57 Å². The topological polar surface area (TPSA) is 66.8 Å². The third kappa shape index (κ3) is 8.93. The molecular weight excluding hydrogens is 380 g/mol. The van der Waals surface area contributed by atoms with Crippen molar-refractivity contribution in [3.63, 3.8) is 0 Å². The van der Waals surface area contributed by atoms with Crippen LogP contribution in [-0.2, 0) is 9.53 Å². The number of hydrogen-bond donors (Lipinski definition) is 2. The summed E-state index contributed by atoms with van der Waals surface area (Å²) in [6.07, 6.45) is 10.1. The second-order valence-electron chi connectivity index (χ2n) is 10.8. The van der Waals surface area contributed by atoms with E-state index in [1.807, 2.05) is 0 Å². The molecule has 0 amide bonds.